The summed E-state index contributed by atoms with van der Waals surface area (Å²) in [6.45, 7) is 2.08. The van der Waals surface area contributed by atoms with Crippen LogP contribution in [0.2, 0.25) is 0 Å². The van der Waals surface area contributed by atoms with Crippen LogP contribution in [0.4, 0.5) is 10.1 Å². The van der Waals surface area contributed by atoms with Crippen molar-refractivity contribution >= 4 is 16.6 Å². The lowest BCUT2D eigenvalue weighted by molar-refractivity contribution is 0.627. The Bertz CT molecular complexity index is 840. The SMILES string of the molecule is Cc1nc2ccccc2c(=O)n1CNc1ccc(F)cc1. The number of nitrogens with one attached hydrogen (secondary N) is 1. The monoisotopic (exact) mass is 283 g/mol. The van der Waals surface area contributed by atoms with Gasteiger partial charge in [-0.25, -0.2) is 9.37 Å². The Labute approximate surface area is 120 Å². The maximum atomic E-state index is 12.9. The third kappa shape index (κ3) is 2.63. The predicted octanol–water partition coefficient (Wildman–Crippen LogP) is 2.91. The molecule has 21 heavy (non-hydrogen) atoms. The predicted molar refractivity (Wildman–Crippen MR) is 80.8 cm³/mol. The molecule has 0 aliphatic heterocycles. The zero-order chi connectivity index (χ0) is 14.8. The van der Waals surface area contributed by atoms with Gasteiger partial charge in [-0.3, -0.25) is 9.36 Å². The molecule has 2 aromatic carbocycles. The minimum atomic E-state index is -0.290. The lowest BCUT2D eigenvalue weighted by Gasteiger charge is -2.12. The van der Waals surface area contributed by atoms with Crippen molar-refractivity contribution < 1.29 is 4.39 Å². The van der Waals surface area contributed by atoms with Crippen molar-refractivity contribution in [2.45, 2.75) is 13.6 Å². The molecule has 3 rings (SSSR count). The van der Waals surface area contributed by atoms with Gasteiger partial charge in [-0.1, -0.05) is 12.1 Å². The molecule has 0 bridgehead atoms. The third-order valence-electron chi connectivity index (χ3n) is 3.34. The molecule has 0 aliphatic rings. The molecule has 0 aliphatic carbocycles. The summed E-state index contributed by atoms with van der Waals surface area (Å²) in [4.78, 5) is 16.9. The summed E-state index contributed by atoms with van der Waals surface area (Å²) < 4.78 is 14.4. The number of hydrogen-bond acceptors (Lipinski definition) is 3. The fraction of sp³-hybridized carbons (Fsp3) is 0.125. The van der Waals surface area contributed by atoms with Crippen LogP contribution in [0.3, 0.4) is 0 Å². The Morgan fingerprint density at radius 2 is 1.86 bits per heavy atom. The zero-order valence-corrected chi connectivity index (χ0v) is 11.5. The highest BCUT2D eigenvalue weighted by molar-refractivity contribution is 5.77. The summed E-state index contributed by atoms with van der Waals surface area (Å²) in [6.07, 6.45) is 0. The Morgan fingerprint density at radius 3 is 2.62 bits per heavy atom. The van der Waals surface area contributed by atoms with Crippen LogP contribution in [0.25, 0.3) is 10.9 Å². The number of nitrogens with zero attached hydrogens (tertiary/aromatic N) is 2. The summed E-state index contributed by atoms with van der Waals surface area (Å²) in [6, 6.07) is 13.3. The molecule has 4 nitrogen and oxygen atoms in total. The second-order valence-corrected chi connectivity index (χ2v) is 4.75. The number of para-hydroxylation sites is 1. The fourth-order valence-corrected chi connectivity index (χ4v) is 2.20. The number of benzene rings is 2. The first kappa shape index (κ1) is 13.3. The second-order valence-electron chi connectivity index (χ2n) is 4.75. The van der Waals surface area contributed by atoms with Crippen molar-refractivity contribution in [3.63, 3.8) is 0 Å². The smallest absolute Gasteiger partial charge is 0.262 e. The van der Waals surface area contributed by atoms with Crippen LogP contribution in [-0.2, 0) is 6.67 Å². The van der Waals surface area contributed by atoms with Crippen molar-refractivity contribution in [3.05, 3.63) is 70.5 Å². The van der Waals surface area contributed by atoms with E-state index in [0.29, 0.717) is 16.7 Å². The molecule has 1 N–H and O–H groups in total. The summed E-state index contributed by atoms with van der Waals surface area (Å²) in [5.74, 6) is 0.342. The van der Waals surface area contributed by atoms with E-state index in [-0.39, 0.29) is 18.0 Å². The molecule has 0 spiro atoms. The maximum absolute atomic E-state index is 12.9. The normalized spacial score (nSPS) is 10.8. The largest absolute Gasteiger partial charge is 0.367 e. The molecule has 0 amide bonds. The van der Waals surface area contributed by atoms with E-state index in [0.717, 1.165) is 5.69 Å². The van der Waals surface area contributed by atoms with Crippen molar-refractivity contribution in [3.8, 4) is 0 Å². The summed E-state index contributed by atoms with van der Waals surface area (Å²) in [5.41, 5.74) is 1.35. The van der Waals surface area contributed by atoms with E-state index >= 15 is 0 Å². The van der Waals surface area contributed by atoms with Crippen LogP contribution < -0.4 is 10.9 Å². The number of aromatic nitrogens is 2. The molecular formula is C16H14FN3O. The van der Waals surface area contributed by atoms with Gasteiger partial charge < -0.3 is 5.32 Å². The van der Waals surface area contributed by atoms with Crippen molar-refractivity contribution in [1.82, 2.24) is 9.55 Å². The van der Waals surface area contributed by atoms with Gasteiger partial charge in [0, 0.05) is 5.69 Å². The molecule has 0 saturated carbocycles. The molecule has 3 aromatic rings. The van der Waals surface area contributed by atoms with Gasteiger partial charge >= 0.3 is 0 Å². The first-order valence-corrected chi connectivity index (χ1v) is 6.61. The highest BCUT2D eigenvalue weighted by atomic mass is 19.1. The Hall–Kier alpha value is -2.69. The number of aryl methyl sites for hydroxylation is 1. The van der Waals surface area contributed by atoms with Crippen LogP contribution in [0, 0.1) is 12.7 Å². The van der Waals surface area contributed by atoms with Gasteiger partial charge in [-0.05, 0) is 43.3 Å². The molecular weight excluding hydrogens is 269 g/mol. The average Bonchev–Trinajstić information content (AvgIpc) is 2.49. The van der Waals surface area contributed by atoms with Crippen molar-refractivity contribution in [2.24, 2.45) is 0 Å². The van der Waals surface area contributed by atoms with Crippen LogP contribution in [0.15, 0.2) is 53.3 Å². The van der Waals surface area contributed by atoms with Crippen LogP contribution in [-0.4, -0.2) is 9.55 Å². The summed E-state index contributed by atoms with van der Waals surface area (Å²) in [7, 11) is 0. The van der Waals surface area contributed by atoms with Gasteiger partial charge in [0.15, 0.2) is 0 Å². The van der Waals surface area contributed by atoms with Crippen LogP contribution >= 0.6 is 0 Å². The van der Waals surface area contributed by atoms with Gasteiger partial charge in [-0.2, -0.15) is 0 Å². The van der Waals surface area contributed by atoms with Crippen LogP contribution in [0.5, 0.6) is 0 Å². The molecule has 0 saturated heterocycles. The molecule has 0 unspecified atom stereocenters. The van der Waals surface area contributed by atoms with Crippen molar-refractivity contribution in [2.75, 3.05) is 5.32 Å². The molecule has 0 atom stereocenters. The Balaban J connectivity index is 1.93. The quantitative estimate of drug-likeness (QED) is 0.804. The fourth-order valence-electron chi connectivity index (χ4n) is 2.20. The number of rotatable bonds is 3. The number of fused-ring (bicyclic) bond motifs is 1. The van der Waals surface area contributed by atoms with E-state index in [1.54, 1.807) is 29.7 Å². The standard InChI is InChI=1S/C16H14FN3O/c1-11-19-15-5-3-2-4-14(15)16(21)20(11)10-18-13-8-6-12(17)7-9-13/h2-9,18H,10H2,1H3. The van der Waals surface area contributed by atoms with E-state index < -0.39 is 0 Å². The van der Waals surface area contributed by atoms with Gasteiger partial charge in [0.05, 0.1) is 17.6 Å². The summed E-state index contributed by atoms with van der Waals surface area (Å²) >= 11 is 0. The summed E-state index contributed by atoms with van der Waals surface area (Å²) in [5, 5.41) is 3.68. The first-order chi connectivity index (χ1) is 10.1. The van der Waals surface area contributed by atoms with E-state index in [9.17, 15) is 9.18 Å². The molecule has 0 fully saturated rings. The third-order valence-corrected chi connectivity index (χ3v) is 3.34. The minimum absolute atomic E-state index is 0.0901. The molecule has 0 radical (unpaired) electrons. The lowest BCUT2D eigenvalue weighted by Crippen LogP contribution is -2.27. The molecule has 1 aromatic heterocycles. The van der Waals surface area contributed by atoms with Gasteiger partial charge in [0.1, 0.15) is 11.6 Å². The highest BCUT2D eigenvalue weighted by Crippen LogP contribution is 2.10. The molecule has 5 heteroatoms. The Morgan fingerprint density at radius 1 is 1.14 bits per heavy atom. The van der Waals surface area contributed by atoms with Crippen LogP contribution in [0.1, 0.15) is 5.82 Å². The van der Waals surface area contributed by atoms with Gasteiger partial charge in [0.2, 0.25) is 0 Å². The average molecular weight is 283 g/mol. The van der Waals surface area contributed by atoms with E-state index in [2.05, 4.69) is 10.3 Å². The maximum Gasteiger partial charge on any atom is 0.262 e. The molecule has 106 valence electrons. The lowest BCUT2D eigenvalue weighted by atomic mass is 10.2. The second kappa shape index (κ2) is 5.36. The van der Waals surface area contributed by atoms with E-state index in [4.69, 9.17) is 0 Å². The molecule has 1 heterocycles. The first-order valence-electron chi connectivity index (χ1n) is 6.61. The van der Waals surface area contributed by atoms with E-state index in [1.807, 2.05) is 18.2 Å². The highest BCUT2D eigenvalue weighted by Gasteiger charge is 2.07. The zero-order valence-electron chi connectivity index (χ0n) is 11.5. The minimum Gasteiger partial charge on any atom is -0.367 e. The van der Waals surface area contributed by atoms with Gasteiger partial charge in [-0.15, -0.1) is 0 Å². The number of anilines is 1. The number of hydrogen-bond donors (Lipinski definition) is 1. The topological polar surface area (TPSA) is 46.9 Å². The van der Waals surface area contributed by atoms with E-state index in [1.165, 1.54) is 12.1 Å². The van der Waals surface area contributed by atoms with Crippen molar-refractivity contribution in [1.29, 1.82) is 0 Å². The Kier molecular flexibility index (Phi) is 3.39. The number of halogens is 1. The van der Waals surface area contributed by atoms with Gasteiger partial charge in [0.25, 0.3) is 5.56 Å².